The summed E-state index contributed by atoms with van der Waals surface area (Å²) in [7, 11) is 0. The minimum absolute atomic E-state index is 0.00618. The minimum atomic E-state index is -0.812. The molecule has 23 heavy (non-hydrogen) atoms. The Bertz CT molecular complexity index is 568. The van der Waals surface area contributed by atoms with E-state index in [4.69, 9.17) is 9.47 Å². The molecule has 1 atom stereocenters. The Morgan fingerprint density at radius 2 is 2.22 bits per heavy atom. The second-order valence-electron chi connectivity index (χ2n) is 5.02. The summed E-state index contributed by atoms with van der Waals surface area (Å²) in [5.74, 6) is -0.875. The van der Waals surface area contributed by atoms with Crippen molar-refractivity contribution >= 4 is 18.0 Å². The van der Waals surface area contributed by atoms with Crippen LogP contribution in [0.5, 0.6) is 5.75 Å². The van der Waals surface area contributed by atoms with Gasteiger partial charge >= 0.3 is 11.8 Å². The van der Waals surface area contributed by atoms with Crippen molar-refractivity contribution in [3.05, 3.63) is 29.8 Å². The molecule has 2 amide bonds. The van der Waals surface area contributed by atoms with Crippen LogP contribution in [0.1, 0.15) is 25.3 Å². The summed E-state index contributed by atoms with van der Waals surface area (Å²) < 4.78 is 10.8. The van der Waals surface area contributed by atoms with Crippen molar-refractivity contribution in [1.82, 2.24) is 10.7 Å². The maximum atomic E-state index is 11.6. The summed E-state index contributed by atoms with van der Waals surface area (Å²) in [6.07, 6.45) is 3.31. The van der Waals surface area contributed by atoms with Crippen molar-refractivity contribution in [2.75, 3.05) is 19.8 Å². The van der Waals surface area contributed by atoms with Crippen LogP contribution in [0.3, 0.4) is 0 Å². The first-order valence-electron chi connectivity index (χ1n) is 7.65. The molecule has 0 spiro atoms. The average Bonchev–Trinajstić information content (AvgIpc) is 3.08. The molecule has 0 saturated carbocycles. The van der Waals surface area contributed by atoms with E-state index in [1.54, 1.807) is 12.1 Å². The number of rotatable bonds is 6. The third-order valence-electron chi connectivity index (χ3n) is 3.31. The Labute approximate surface area is 135 Å². The molecule has 1 heterocycles. The Morgan fingerprint density at radius 3 is 2.96 bits per heavy atom. The summed E-state index contributed by atoms with van der Waals surface area (Å²) in [5.41, 5.74) is 2.91. The van der Waals surface area contributed by atoms with Crippen LogP contribution in [0.25, 0.3) is 0 Å². The number of nitrogens with zero attached hydrogens (tertiary/aromatic N) is 1. The minimum Gasteiger partial charge on any atom is -0.493 e. The number of nitrogens with one attached hydrogen (secondary N) is 2. The number of hydrogen-bond donors (Lipinski definition) is 2. The van der Waals surface area contributed by atoms with Gasteiger partial charge in [-0.2, -0.15) is 5.10 Å². The van der Waals surface area contributed by atoms with E-state index in [0.717, 1.165) is 18.4 Å². The fourth-order valence-corrected chi connectivity index (χ4v) is 2.18. The van der Waals surface area contributed by atoms with Crippen molar-refractivity contribution in [1.29, 1.82) is 0 Å². The third kappa shape index (κ3) is 5.37. The average molecular weight is 319 g/mol. The Morgan fingerprint density at radius 1 is 1.39 bits per heavy atom. The lowest BCUT2D eigenvalue weighted by molar-refractivity contribution is -0.139. The van der Waals surface area contributed by atoms with Gasteiger partial charge in [0.15, 0.2) is 0 Å². The molecule has 0 radical (unpaired) electrons. The molecule has 1 aromatic carbocycles. The maximum absolute atomic E-state index is 11.6. The molecule has 1 fully saturated rings. The van der Waals surface area contributed by atoms with Gasteiger partial charge < -0.3 is 14.8 Å². The zero-order chi connectivity index (χ0) is 16.5. The van der Waals surface area contributed by atoms with Crippen LogP contribution >= 0.6 is 0 Å². The van der Waals surface area contributed by atoms with E-state index >= 15 is 0 Å². The van der Waals surface area contributed by atoms with Gasteiger partial charge in [-0.05, 0) is 31.9 Å². The standard InChI is InChI=1S/C16H21N3O4/c1-2-22-14-8-4-3-6-12(14)10-18-19-16(21)15(20)17-11-13-7-5-9-23-13/h3-4,6,8,10,13H,2,5,7,9,11H2,1H3,(H,17,20)(H,19,21)/b18-10-/t13-/m0/s1. The Hall–Kier alpha value is -2.41. The van der Waals surface area contributed by atoms with Crippen LogP contribution in [0.15, 0.2) is 29.4 Å². The molecule has 1 aliphatic heterocycles. The second kappa shape index (κ2) is 8.89. The number of benzene rings is 1. The molecule has 0 aliphatic carbocycles. The van der Waals surface area contributed by atoms with Crippen LogP contribution in [-0.2, 0) is 14.3 Å². The first-order chi connectivity index (χ1) is 11.2. The topological polar surface area (TPSA) is 89.0 Å². The van der Waals surface area contributed by atoms with Crippen LogP contribution in [0, 0.1) is 0 Å². The van der Waals surface area contributed by atoms with Crippen molar-refractivity contribution in [3.8, 4) is 5.75 Å². The van der Waals surface area contributed by atoms with Gasteiger partial charge in [-0.1, -0.05) is 12.1 Å². The molecule has 2 rings (SSSR count). The summed E-state index contributed by atoms with van der Waals surface area (Å²) in [4.78, 5) is 23.3. The van der Waals surface area contributed by atoms with Crippen LogP contribution < -0.4 is 15.5 Å². The van der Waals surface area contributed by atoms with E-state index in [1.165, 1.54) is 6.21 Å². The summed E-state index contributed by atoms with van der Waals surface area (Å²) in [6, 6.07) is 7.29. The molecule has 1 aromatic rings. The quantitative estimate of drug-likeness (QED) is 0.462. The molecule has 7 heteroatoms. The van der Waals surface area contributed by atoms with Crippen LogP contribution in [0.4, 0.5) is 0 Å². The molecule has 0 aromatic heterocycles. The van der Waals surface area contributed by atoms with E-state index in [9.17, 15) is 9.59 Å². The first-order valence-corrected chi connectivity index (χ1v) is 7.65. The van der Waals surface area contributed by atoms with Crippen molar-refractivity contribution in [3.63, 3.8) is 0 Å². The number of amides is 2. The highest BCUT2D eigenvalue weighted by Crippen LogP contribution is 2.15. The lowest BCUT2D eigenvalue weighted by Gasteiger charge is -2.09. The molecule has 0 unspecified atom stereocenters. The molecule has 1 saturated heterocycles. The fourth-order valence-electron chi connectivity index (χ4n) is 2.18. The zero-order valence-electron chi connectivity index (χ0n) is 13.1. The predicted molar refractivity (Wildman–Crippen MR) is 85.3 cm³/mol. The second-order valence-corrected chi connectivity index (χ2v) is 5.02. The van der Waals surface area contributed by atoms with Crippen LogP contribution in [0.2, 0.25) is 0 Å². The summed E-state index contributed by atoms with van der Waals surface area (Å²) in [5, 5.41) is 6.32. The summed E-state index contributed by atoms with van der Waals surface area (Å²) >= 11 is 0. The normalized spacial score (nSPS) is 17.2. The molecule has 1 aliphatic rings. The molecule has 7 nitrogen and oxygen atoms in total. The first kappa shape index (κ1) is 17.0. The maximum Gasteiger partial charge on any atom is 0.329 e. The van der Waals surface area contributed by atoms with E-state index < -0.39 is 11.8 Å². The highest BCUT2D eigenvalue weighted by Gasteiger charge is 2.18. The SMILES string of the molecule is CCOc1ccccc1/C=N\NC(=O)C(=O)NC[C@@H]1CCCO1. The van der Waals surface area contributed by atoms with Gasteiger partial charge in [0.1, 0.15) is 5.75 Å². The summed E-state index contributed by atoms with van der Waals surface area (Å²) in [6.45, 7) is 3.45. The highest BCUT2D eigenvalue weighted by atomic mass is 16.5. The van der Waals surface area contributed by atoms with Gasteiger partial charge in [0.25, 0.3) is 0 Å². The number of carbonyl (C=O) groups excluding carboxylic acids is 2. The molecule has 2 N–H and O–H groups in total. The number of ether oxygens (including phenoxy) is 2. The number of para-hydroxylation sites is 1. The Kier molecular flexibility index (Phi) is 6.56. The Balaban J connectivity index is 1.79. The zero-order valence-corrected chi connectivity index (χ0v) is 13.1. The van der Waals surface area contributed by atoms with Crippen molar-refractivity contribution < 1.29 is 19.1 Å². The molecular weight excluding hydrogens is 298 g/mol. The molecule has 0 bridgehead atoms. The van der Waals surface area contributed by atoms with Crippen molar-refractivity contribution in [2.24, 2.45) is 5.10 Å². The van der Waals surface area contributed by atoms with Gasteiger partial charge in [-0.15, -0.1) is 0 Å². The van der Waals surface area contributed by atoms with Crippen LogP contribution in [-0.4, -0.2) is 43.9 Å². The number of carbonyl (C=O) groups is 2. The lowest BCUT2D eigenvalue weighted by atomic mass is 10.2. The van der Waals surface area contributed by atoms with Gasteiger partial charge in [-0.3, -0.25) is 9.59 Å². The van der Waals surface area contributed by atoms with Crippen molar-refractivity contribution in [2.45, 2.75) is 25.9 Å². The van der Waals surface area contributed by atoms with Gasteiger partial charge in [0, 0.05) is 18.7 Å². The lowest BCUT2D eigenvalue weighted by Crippen LogP contribution is -2.41. The predicted octanol–water partition coefficient (Wildman–Crippen LogP) is 0.831. The van der Waals surface area contributed by atoms with E-state index in [0.29, 0.717) is 25.5 Å². The van der Waals surface area contributed by atoms with E-state index in [2.05, 4.69) is 15.8 Å². The third-order valence-corrected chi connectivity index (χ3v) is 3.31. The largest absolute Gasteiger partial charge is 0.493 e. The molecular formula is C16H21N3O4. The van der Waals surface area contributed by atoms with Gasteiger partial charge in [-0.25, -0.2) is 5.43 Å². The number of hydrazone groups is 1. The highest BCUT2D eigenvalue weighted by molar-refractivity contribution is 6.35. The fraction of sp³-hybridized carbons (Fsp3) is 0.438. The number of hydrogen-bond acceptors (Lipinski definition) is 5. The van der Waals surface area contributed by atoms with Gasteiger partial charge in [0.05, 0.1) is 18.9 Å². The smallest absolute Gasteiger partial charge is 0.329 e. The molecule has 124 valence electrons. The van der Waals surface area contributed by atoms with Gasteiger partial charge in [0.2, 0.25) is 0 Å². The monoisotopic (exact) mass is 319 g/mol. The van der Waals surface area contributed by atoms with E-state index in [-0.39, 0.29) is 6.10 Å². The van der Waals surface area contributed by atoms with E-state index in [1.807, 2.05) is 19.1 Å².